The van der Waals surface area contributed by atoms with Crippen molar-refractivity contribution >= 4 is 12.1 Å². The first-order chi connectivity index (χ1) is 11.8. The van der Waals surface area contributed by atoms with E-state index in [2.05, 4.69) is 28.4 Å². The third-order valence-electron chi connectivity index (χ3n) is 4.91. The molecule has 0 aliphatic carbocycles. The van der Waals surface area contributed by atoms with Gasteiger partial charge in [0.15, 0.2) is 0 Å². The summed E-state index contributed by atoms with van der Waals surface area (Å²) in [6, 6.07) is 8.58. The number of amides is 2. The van der Waals surface area contributed by atoms with Crippen molar-refractivity contribution in [3.05, 3.63) is 35.9 Å². The average molecular weight is 329 g/mol. The van der Waals surface area contributed by atoms with Crippen molar-refractivity contribution in [2.24, 2.45) is 0 Å². The summed E-state index contributed by atoms with van der Waals surface area (Å²) in [5.41, 5.74) is 1.11. The van der Waals surface area contributed by atoms with Gasteiger partial charge in [0.1, 0.15) is 5.75 Å². The minimum atomic E-state index is 0.121. The van der Waals surface area contributed by atoms with Gasteiger partial charge in [0, 0.05) is 44.3 Å². The Hall–Kier alpha value is -2.01. The van der Waals surface area contributed by atoms with Crippen LogP contribution < -0.4 is 10.1 Å². The fourth-order valence-corrected chi connectivity index (χ4v) is 3.54. The highest BCUT2D eigenvalue weighted by Crippen LogP contribution is 2.20. The van der Waals surface area contributed by atoms with E-state index in [0.717, 1.165) is 63.3 Å². The van der Waals surface area contributed by atoms with Gasteiger partial charge in [-0.2, -0.15) is 0 Å². The highest BCUT2D eigenvalue weighted by molar-refractivity contribution is 5.75. The Morgan fingerprint density at radius 1 is 1.25 bits per heavy atom. The van der Waals surface area contributed by atoms with Crippen LogP contribution >= 0.6 is 0 Å². The highest BCUT2D eigenvalue weighted by Gasteiger charge is 2.28. The van der Waals surface area contributed by atoms with Crippen LogP contribution in [0, 0.1) is 0 Å². The maximum absolute atomic E-state index is 11.9. The van der Waals surface area contributed by atoms with Gasteiger partial charge in [-0.1, -0.05) is 30.4 Å². The topological polar surface area (TPSA) is 44.8 Å². The number of hydrogen-bond donors (Lipinski definition) is 1. The Bertz CT molecular complexity index is 580. The number of methoxy groups -OCH3 is 1. The molecule has 2 amide bonds. The minimum absolute atomic E-state index is 0.121. The second kappa shape index (κ2) is 8.20. The number of nitrogens with one attached hydrogen (secondary N) is 1. The van der Waals surface area contributed by atoms with Crippen LogP contribution in [0.25, 0.3) is 6.08 Å². The van der Waals surface area contributed by atoms with E-state index < -0.39 is 0 Å². The monoisotopic (exact) mass is 329 g/mol. The Morgan fingerprint density at radius 3 is 2.79 bits per heavy atom. The predicted molar refractivity (Wildman–Crippen MR) is 96.2 cm³/mol. The normalized spacial score (nSPS) is 20.4. The van der Waals surface area contributed by atoms with E-state index in [0.29, 0.717) is 6.04 Å². The molecule has 24 heavy (non-hydrogen) atoms. The van der Waals surface area contributed by atoms with Crippen molar-refractivity contribution in [1.82, 2.24) is 15.1 Å². The van der Waals surface area contributed by atoms with Crippen LogP contribution in [-0.2, 0) is 0 Å². The first kappa shape index (κ1) is 16.8. The van der Waals surface area contributed by atoms with Crippen LogP contribution in [0.1, 0.15) is 24.8 Å². The van der Waals surface area contributed by atoms with Gasteiger partial charge in [0.05, 0.1) is 7.11 Å². The molecule has 2 fully saturated rings. The van der Waals surface area contributed by atoms with Crippen molar-refractivity contribution < 1.29 is 9.53 Å². The van der Waals surface area contributed by atoms with E-state index >= 15 is 0 Å². The number of para-hydroxylation sites is 1. The van der Waals surface area contributed by atoms with Gasteiger partial charge in [-0.15, -0.1) is 0 Å². The molecular formula is C19H27N3O2. The first-order valence-electron chi connectivity index (χ1n) is 8.84. The Labute approximate surface area is 144 Å². The molecule has 1 aromatic carbocycles. The molecule has 0 unspecified atom stereocenters. The first-order valence-corrected chi connectivity index (χ1v) is 8.84. The number of nitrogens with zero attached hydrogens (tertiary/aromatic N) is 2. The van der Waals surface area contributed by atoms with Crippen molar-refractivity contribution in [3.63, 3.8) is 0 Å². The molecule has 2 aliphatic heterocycles. The van der Waals surface area contributed by atoms with Gasteiger partial charge in [-0.25, -0.2) is 4.79 Å². The zero-order valence-electron chi connectivity index (χ0n) is 14.4. The smallest absolute Gasteiger partial charge is 0.317 e. The van der Waals surface area contributed by atoms with Gasteiger partial charge in [0.25, 0.3) is 0 Å². The van der Waals surface area contributed by atoms with Crippen molar-refractivity contribution in [1.29, 1.82) is 0 Å². The molecule has 1 N–H and O–H groups in total. The third-order valence-corrected chi connectivity index (χ3v) is 4.91. The number of benzene rings is 1. The van der Waals surface area contributed by atoms with Crippen molar-refractivity contribution in [2.45, 2.75) is 25.3 Å². The summed E-state index contributed by atoms with van der Waals surface area (Å²) in [6.07, 6.45) is 7.52. The van der Waals surface area contributed by atoms with Crippen LogP contribution in [0.2, 0.25) is 0 Å². The van der Waals surface area contributed by atoms with E-state index in [4.69, 9.17) is 4.74 Å². The average Bonchev–Trinajstić information content (AvgIpc) is 2.63. The molecule has 2 saturated heterocycles. The van der Waals surface area contributed by atoms with E-state index in [9.17, 15) is 4.79 Å². The summed E-state index contributed by atoms with van der Waals surface area (Å²) < 4.78 is 5.37. The quantitative estimate of drug-likeness (QED) is 0.903. The predicted octanol–water partition coefficient (Wildman–Crippen LogP) is 2.59. The summed E-state index contributed by atoms with van der Waals surface area (Å²) in [5, 5.41) is 2.95. The van der Waals surface area contributed by atoms with Crippen LogP contribution in [0.3, 0.4) is 0 Å². The SMILES string of the molecule is COc1ccccc1/C=C/CN1CCC(N2CCCNC2=O)CC1. The number of carbonyl (C=O) groups excluding carboxylic acids is 1. The fourth-order valence-electron chi connectivity index (χ4n) is 3.54. The molecule has 3 rings (SSSR count). The Balaban J connectivity index is 1.47. The van der Waals surface area contributed by atoms with Crippen molar-refractivity contribution in [2.75, 3.05) is 39.8 Å². The molecule has 130 valence electrons. The Morgan fingerprint density at radius 2 is 2.04 bits per heavy atom. The molecule has 2 aliphatic rings. The van der Waals surface area contributed by atoms with Crippen LogP contribution in [0.15, 0.2) is 30.3 Å². The summed E-state index contributed by atoms with van der Waals surface area (Å²) >= 11 is 0. The largest absolute Gasteiger partial charge is 0.496 e. The summed E-state index contributed by atoms with van der Waals surface area (Å²) in [7, 11) is 1.70. The van der Waals surface area contributed by atoms with E-state index in [1.165, 1.54) is 0 Å². The van der Waals surface area contributed by atoms with E-state index in [-0.39, 0.29) is 6.03 Å². The van der Waals surface area contributed by atoms with Crippen molar-refractivity contribution in [3.8, 4) is 5.75 Å². The molecular weight excluding hydrogens is 302 g/mol. The molecule has 1 aromatic rings. The molecule has 0 bridgehead atoms. The van der Waals surface area contributed by atoms with Gasteiger partial charge in [0.2, 0.25) is 0 Å². The number of ether oxygens (including phenoxy) is 1. The molecule has 5 nitrogen and oxygen atoms in total. The number of carbonyl (C=O) groups is 1. The summed E-state index contributed by atoms with van der Waals surface area (Å²) in [6.45, 7) is 4.76. The van der Waals surface area contributed by atoms with Gasteiger partial charge in [-0.3, -0.25) is 4.90 Å². The molecule has 2 heterocycles. The van der Waals surface area contributed by atoms with Crippen LogP contribution in [0.4, 0.5) is 4.79 Å². The summed E-state index contributed by atoms with van der Waals surface area (Å²) in [5.74, 6) is 0.906. The molecule has 0 aromatic heterocycles. The number of urea groups is 1. The molecule has 0 saturated carbocycles. The molecule has 5 heteroatoms. The third kappa shape index (κ3) is 4.09. The van der Waals surface area contributed by atoms with Crippen LogP contribution in [-0.4, -0.2) is 61.7 Å². The number of hydrogen-bond acceptors (Lipinski definition) is 3. The highest BCUT2D eigenvalue weighted by atomic mass is 16.5. The lowest BCUT2D eigenvalue weighted by atomic mass is 10.0. The lowest BCUT2D eigenvalue weighted by Crippen LogP contribution is -2.54. The molecule has 0 atom stereocenters. The Kier molecular flexibility index (Phi) is 5.75. The second-order valence-electron chi connectivity index (χ2n) is 6.45. The number of piperidine rings is 1. The second-order valence-corrected chi connectivity index (χ2v) is 6.45. The van der Waals surface area contributed by atoms with Gasteiger partial charge < -0.3 is 15.0 Å². The lowest BCUT2D eigenvalue weighted by Gasteiger charge is -2.40. The zero-order valence-corrected chi connectivity index (χ0v) is 14.4. The number of likely N-dealkylation sites (tertiary alicyclic amines) is 1. The maximum atomic E-state index is 11.9. The summed E-state index contributed by atoms with van der Waals surface area (Å²) in [4.78, 5) is 16.4. The maximum Gasteiger partial charge on any atom is 0.317 e. The molecule has 0 spiro atoms. The molecule has 0 radical (unpaired) electrons. The lowest BCUT2D eigenvalue weighted by molar-refractivity contribution is 0.116. The van der Waals surface area contributed by atoms with Crippen LogP contribution in [0.5, 0.6) is 5.75 Å². The number of rotatable bonds is 5. The van der Waals surface area contributed by atoms with E-state index in [1.807, 2.05) is 23.1 Å². The standard InChI is InChI=1S/C19H27N3O2/c1-24-18-8-3-2-6-16(18)7-4-12-21-14-9-17(10-15-21)22-13-5-11-20-19(22)23/h2-4,6-8,17H,5,9-15H2,1H3,(H,20,23)/b7-4+. The fraction of sp³-hybridized carbons (Fsp3) is 0.526. The zero-order chi connectivity index (χ0) is 16.8. The van der Waals surface area contributed by atoms with E-state index in [1.54, 1.807) is 7.11 Å². The van der Waals surface area contributed by atoms with Gasteiger partial charge in [-0.05, 0) is 25.3 Å². The van der Waals surface area contributed by atoms with Gasteiger partial charge >= 0.3 is 6.03 Å². The minimum Gasteiger partial charge on any atom is -0.496 e.